The number of furan rings is 1. The molecule has 0 saturated heterocycles. The summed E-state index contributed by atoms with van der Waals surface area (Å²) in [5.74, 6) is 1.67. The molecule has 3 heterocycles. The van der Waals surface area contributed by atoms with Crippen molar-refractivity contribution in [3.63, 3.8) is 0 Å². The Bertz CT molecular complexity index is 1330. The lowest BCUT2D eigenvalue weighted by Crippen LogP contribution is -2.46. The first kappa shape index (κ1) is 21.0. The van der Waals surface area contributed by atoms with Crippen LogP contribution in [0, 0.1) is 18.8 Å². The molecule has 1 saturated carbocycles. The van der Waals surface area contributed by atoms with Gasteiger partial charge in [0.25, 0.3) is 5.91 Å². The summed E-state index contributed by atoms with van der Waals surface area (Å²) in [6.45, 7) is 6.95. The zero-order valence-electron chi connectivity index (χ0n) is 18.6. The Morgan fingerprint density at radius 1 is 1.16 bits per heavy atom. The van der Waals surface area contributed by atoms with Gasteiger partial charge >= 0.3 is 5.63 Å². The summed E-state index contributed by atoms with van der Waals surface area (Å²) in [4.78, 5) is 29.0. The fourth-order valence-electron chi connectivity index (χ4n) is 4.96. The van der Waals surface area contributed by atoms with Gasteiger partial charge in [-0.2, -0.15) is 0 Å². The molecule has 0 aliphatic heterocycles. The molecule has 0 bridgehead atoms. The van der Waals surface area contributed by atoms with E-state index in [1.165, 1.54) is 17.8 Å². The first-order valence-corrected chi connectivity index (χ1v) is 12.0. The van der Waals surface area contributed by atoms with Gasteiger partial charge in [-0.05, 0) is 55.5 Å². The molecule has 32 heavy (non-hydrogen) atoms. The Morgan fingerprint density at radius 2 is 2.00 bits per heavy atom. The van der Waals surface area contributed by atoms with E-state index in [1.54, 1.807) is 12.3 Å². The number of fused-ring (bicyclic) bond motifs is 3. The van der Waals surface area contributed by atoms with Crippen molar-refractivity contribution < 1.29 is 13.6 Å². The van der Waals surface area contributed by atoms with Crippen LogP contribution >= 0.6 is 11.3 Å². The highest BCUT2D eigenvalue weighted by Crippen LogP contribution is 2.37. The zero-order valence-corrected chi connectivity index (χ0v) is 19.4. The molecule has 1 fully saturated rings. The Hall–Kier alpha value is -2.86. The number of amides is 1. The summed E-state index contributed by atoms with van der Waals surface area (Å²) in [5, 5.41) is 1.35. The molecule has 1 aromatic carbocycles. The number of benzene rings is 1. The number of carbonyl (C=O) groups is 1. The Kier molecular flexibility index (Phi) is 5.41. The third-order valence-corrected chi connectivity index (χ3v) is 8.13. The highest BCUT2D eigenvalue weighted by atomic mass is 32.1. The van der Waals surface area contributed by atoms with E-state index in [9.17, 15) is 9.59 Å². The number of nitrogens with zero attached hydrogens (tertiary/aromatic N) is 1. The molecule has 0 radical (unpaired) electrons. The maximum absolute atomic E-state index is 13.9. The molecule has 0 N–H and O–H groups in total. The average Bonchev–Trinajstić information content (AvgIpc) is 3.45. The molecule has 6 heteroatoms. The minimum atomic E-state index is -0.399. The summed E-state index contributed by atoms with van der Waals surface area (Å²) >= 11 is 1.38. The Morgan fingerprint density at radius 3 is 2.78 bits per heavy atom. The quantitative estimate of drug-likeness (QED) is 0.339. The average molecular weight is 450 g/mol. The summed E-state index contributed by atoms with van der Waals surface area (Å²) in [7, 11) is 0. The van der Waals surface area contributed by atoms with Crippen LogP contribution in [0.4, 0.5) is 0 Å². The molecule has 1 aliphatic rings. The number of rotatable bonds is 4. The molecule has 5 rings (SSSR count). The maximum atomic E-state index is 13.9. The summed E-state index contributed by atoms with van der Waals surface area (Å²) in [6.07, 6.45) is 4.92. The molecule has 3 atom stereocenters. The predicted octanol–water partition coefficient (Wildman–Crippen LogP) is 6.38. The number of hydrogen-bond donors (Lipinski definition) is 0. The molecule has 0 spiro atoms. The fourth-order valence-corrected chi connectivity index (χ4v) is 6.08. The molecule has 1 aliphatic carbocycles. The first-order valence-electron chi connectivity index (χ1n) is 11.2. The molecule has 3 aromatic heterocycles. The van der Waals surface area contributed by atoms with Gasteiger partial charge in [0.05, 0.1) is 27.8 Å². The van der Waals surface area contributed by atoms with Gasteiger partial charge in [0, 0.05) is 11.4 Å². The van der Waals surface area contributed by atoms with Gasteiger partial charge in [-0.1, -0.05) is 38.3 Å². The standard InChI is InChI=1S/C26H27NO4S/c1-15-9-10-22-19(12-15)24-20(26(29)31-22)13-23(32-24)25(28)27(14-18-7-5-11-30-18)21-8-4-6-16(2)17(21)3/h5,7,9-13,16-17,21H,4,6,8,14H2,1-3H3. The molecular weight excluding hydrogens is 422 g/mol. The van der Waals surface area contributed by atoms with Gasteiger partial charge < -0.3 is 13.7 Å². The van der Waals surface area contributed by atoms with Gasteiger partial charge in [0.2, 0.25) is 0 Å². The van der Waals surface area contributed by atoms with Crippen molar-refractivity contribution in [2.75, 3.05) is 0 Å². The van der Waals surface area contributed by atoms with Crippen LogP contribution in [0.3, 0.4) is 0 Å². The highest BCUT2D eigenvalue weighted by molar-refractivity contribution is 7.21. The molecule has 166 valence electrons. The molecule has 1 amide bonds. The minimum Gasteiger partial charge on any atom is -0.467 e. The number of hydrogen-bond acceptors (Lipinski definition) is 5. The number of thiophene rings is 1. The van der Waals surface area contributed by atoms with Crippen molar-refractivity contribution in [2.24, 2.45) is 11.8 Å². The summed E-state index contributed by atoms with van der Waals surface area (Å²) in [5.41, 5.74) is 1.23. The normalized spacial score (nSPS) is 21.3. The second kappa shape index (κ2) is 8.24. The SMILES string of the molecule is Cc1ccc2oc(=O)c3cc(C(=O)N(Cc4ccco4)C4CCCC(C)C4C)sc3c2c1. The van der Waals surface area contributed by atoms with Crippen LogP contribution in [-0.2, 0) is 6.54 Å². The van der Waals surface area contributed by atoms with E-state index >= 15 is 0 Å². The topological polar surface area (TPSA) is 63.7 Å². The molecule has 3 unspecified atom stereocenters. The van der Waals surface area contributed by atoms with Crippen LogP contribution in [0.25, 0.3) is 21.1 Å². The Labute approximate surface area is 190 Å². The van der Waals surface area contributed by atoms with Crippen LogP contribution in [0.2, 0.25) is 0 Å². The fraction of sp³-hybridized carbons (Fsp3) is 0.385. The molecular formula is C26H27NO4S. The monoisotopic (exact) mass is 449 g/mol. The van der Waals surface area contributed by atoms with Crippen LogP contribution < -0.4 is 5.63 Å². The van der Waals surface area contributed by atoms with Crippen LogP contribution in [0.1, 0.15) is 54.1 Å². The van der Waals surface area contributed by atoms with Crippen molar-refractivity contribution in [3.8, 4) is 0 Å². The third kappa shape index (κ3) is 3.66. The zero-order chi connectivity index (χ0) is 22.4. The maximum Gasteiger partial charge on any atom is 0.345 e. The van der Waals surface area contributed by atoms with Gasteiger partial charge in [-0.15, -0.1) is 11.3 Å². The first-order chi connectivity index (χ1) is 15.4. The van der Waals surface area contributed by atoms with Gasteiger partial charge in [-0.3, -0.25) is 4.79 Å². The van der Waals surface area contributed by atoms with Crippen molar-refractivity contribution in [1.29, 1.82) is 0 Å². The van der Waals surface area contributed by atoms with E-state index in [0.717, 1.165) is 34.3 Å². The van der Waals surface area contributed by atoms with Gasteiger partial charge in [-0.25, -0.2) is 4.79 Å². The minimum absolute atomic E-state index is 0.0475. The van der Waals surface area contributed by atoms with E-state index in [-0.39, 0.29) is 11.9 Å². The van der Waals surface area contributed by atoms with Crippen LogP contribution in [-0.4, -0.2) is 16.8 Å². The second-order valence-corrected chi connectivity index (χ2v) is 10.1. The Balaban J connectivity index is 1.60. The van der Waals surface area contributed by atoms with E-state index < -0.39 is 5.63 Å². The van der Waals surface area contributed by atoms with Crippen LogP contribution in [0.15, 0.2) is 56.3 Å². The van der Waals surface area contributed by atoms with Crippen molar-refractivity contribution in [1.82, 2.24) is 4.90 Å². The summed E-state index contributed by atoms with van der Waals surface area (Å²) in [6, 6.07) is 11.4. The lowest BCUT2D eigenvalue weighted by molar-refractivity contribution is 0.0432. The van der Waals surface area contributed by atoms with Crippen molar-refractivity contribution in [3.05, 3.63) is 69.3 Å². The van der Waals surface area contributed by atoms with Crippen molar-refractivity contribution >= 4 is 38.3 Å². The molecule has 4 aromatic rings. The highest BCUT2D eigenvalue weighted by Gasteiger charge is 2.35. The van der Waals surface area contributed by atoms with E-state index in [4.69, 9.17) is 8.83 Å². The van der Waals surface area contributed by atoms with Gasteiger partial charge in [0.15, 0.2) is 0 Å². The van der Waals surface area contributed by atoms with Crippen molar-refractivity contribution in [2.45, 2.75) is 52.6 Å². The lowest BCUT2D eigenvalue weighted by Gasteiger charge is -2.41. The lowest BCUT2D eigenvalue weighted by atomic mass is 9.77. The van der Waals surface area contributed by atoms with Crippen LogP contribution in [0.5, 0.6) is 0 Å². The van der Waals surface area contributed by atoms with Gasteiger partial charge in [0.1, 0.15) is 11.3 Å². The molecule has 5 nitrogen and oxygen atoms in total. The largest absolute Gasteiger partial charge is 0.467 e. The predicted molar refractivity (Wildman–Crippen MR) is 127 cm³/mol. The van der Waals surface area contributed by atoms with E-state index in [2.05, 4.69) is 13.8 Å². The number of aryl methyl sites for hydroxylation is 1. The third-order valence-electron chi connectivity index (χ3n) is 6.98. The van der Waals surface area contributed by atoms with E-state index in [1.807, 2.05) is 42.2 Å². The van der Waals surface area contributed by atoms with E-state index in [0.29, 0.717) is 34.2 Å². The number of carbonyl (C=O) groups excluding carboxylic acids is 1. The second-order valence-electron chi connectivity index (χ2n) is 9.09. The smallest absolute Gasteiger partial charge is 0.345 e. The summed E-state index contributed by atoms with van der Waals surface area (Å²) < 4.78 is 11.9.